The number of nitro groups is 1. The normalized spacial score (nSPS) is 23.9. The summed E-state index contributed by atoms with van der Waals surface area (Å²) in [5.41, 5.74) is 0.818. The summed E-state index contributed by atoms with van der Waals surface area (Å²) in [6.45, 7) is 4.78. The minimum absolute atomic E-state index is 0.0262. The topological polar surface area (TPSA) is 97.5 Å². The van der Waals surface area contributed by atoms with Gasteiger partial charge in [-0.05, 0) is 23.6 Å². The number of benzene rings is 1. The molecule has 2 atom stereocenters. The van der Waals surface area contributed by atoms with E-state index in [-0.39, 0.29) is 18.5 Å². The van der Waals surface area contributed by atoms with Gasteiger partial charge in [0.1, 0.15) is 11.7 Å². The SMILES string of the molecule is CC1COCC1CN1CCN(C(=O)OCc2cccc(Br)c2)C1=N[N+](=O)[O-]. The van der Waals surface area contributed by atoms with Crippen molar-refractivity contribution in [1.82, 2.24) is 9.80 Å². The molecule has 0 N–H and O–H groups in total. The molecule has 0 spiro atoms. The Morgan fingerprint density at radius 1 is 1.44 bits per heavy atom. The number of guanidine groups is 1. The summed E-state index contributed by atoms with van der Waals surface area (Å²) in [6.07, 6.45) is -0.645. The molecular formula is C17H21BrN4O5. The number of hydrogen-bond donors (Lipinski definition) is 0. The van der Waals surface area contributed by atoms with Crippen LogP contribution in [0, 0.1) is 22.0 Å². The quantitative estimate of drug-likeness (QED) is 0.515. The second kappa shape index (κ2) is 8.66. The minimum atomic E-state index is -0.781. The molecule has 0 saturated carbocycles. The van der Waals surface area contributed by atoms with Crippen molar-refractivity contribution in [3.8, 4) is 0 Å². The summed E-state index contributed by atoms with van der Waals surface area (Å²) in [7, 11) is 0. The average Bonchev–Trinajstić information content (AvgIpc) is 3.20. The lowest BCUT2D eigenvalue weighted by Crippen LogP contribution is -2.41. The Labute approximate surface area is 165 Å². The molecule has 0 bridgehead atoms. The van der Waals surface area contributed by atoms with Gasteiger partial charge in [-0.1, -0.05) is 35.0 Å². The van der Waals surface area contributed by atoms with Crippen LogP contribution in [0.15, 0.2) is 33.8 Å². The van der Waals surface area contributed by atoms with E-state index in [2.05, 4.69) is 28.0 Å². The summed E-state index contributed by atoms with van der Waals surface area (Å²) in [4.78, 5) is 26.4. The van der Waals surface area contributed by atoms with Crippen LogP contribution < -0.4 is 0 Å². The fourth-order valence-electron chi connectivity index (χ4n) is 3.20. The van der Waals surface area contributed by atoms with Crippen molar-refractivity contribution in [1.29, 1.82) is 0 Å². The van der Waals surface area contributed by atoms with Crippen molar-refractivity contribution in [3.05, 3.63) is 44.4 Å². The van der Waals surface area contributed by atoms with Gasteiger partial charge < -0.3 is 14.4 Å². The Morgan fingerprint density at radius 2 is 2.26 bits per heavy atom. The lowest BCUT2D eigenvalue weighted by atomic mass is 9.98. The Morgan fingerprint density at radius 3 is 2.93 bits per heavy atom. The maximum absolute atomic E-state index is 12.5. The zero-order valence-electron chi connectivity index (χ0n) is 14.9. The molecule has 1 aromatic carbocycles. The number of rotatable bonds is 5. The highest BCUT2D eigenvalue weighted by Crippen LogP contribution is 2.23. The Balaban J connectivity index is 1.66. The van der Waals surface area contributed by atoms with Gasteiger partial charge in [-0.25, -0.2) is 19.8 Å². The van der Waals surface area contributed by atoms with E-state index in [1.807, 2.05) is 24.3 Å². The molecule has 2 fully saturated rings. The maximum Gasteiger partial charge on any atom is 0.417 e. The first kappa shape index (κ1) is 19.6. The predicted molar refractivity (Wildman–Crippen MR) is 101 cm³/mol. The third-order valence-electron chi connectivity index (χ3n) is 4.73. The Hall–Kier alpha value is -2.20. The smallest absolute Gasteiger partial charge is 0.417 e. The van der Waals surface area contributed by atoms with Crippen molar-refractivity contribution < 1.29 is 19.3 Å². The van der Waals surface area contributed by atoms with Crippen molar-refractivity contribution in [2.75, 3.05) is 32.8 Å². The van der Waals surface area contributed by atoms with Crippen LogP contribution in [0.1, 0.15) is 12.5 Å². The highest BCUT2D eigenvalue weighted by molar-refractivity contribution is 9.10. The lowest BCUT2D eigenvalue weighted by Gasteiger charge is -2.23. The molecule has 2 saturated heterocycles. The molecule has 2 heterocycles. The Bertz CT molecular complexity index is 744. The van der Waals surface area contributed by atoms with Gasteiger partial charge in [-0.2, -0.15) is 0 Å². The van der Waals surface area contributed by atoms with Crippen LogP contribution in [0.5, 0.6) is 0 Å². The molecule has 2 aliphatic heterocycles. The van der Waals surface area contributed by atoms with Crippen LogP contribution in [0.25, 0.3) is 0 Å². The van der Waals surface area contributed by atoms with Crippen molar-refractivity contribution in [2.45, 2.75) is 13.5 Å². The van der Waals surface area contributed by atoms with Crippen molar-refractivity contribution >= 4 is 28.0 Å². The molecule has 3 rings (SSSR count). The van der Waals surface area contributed by atoms with E-state index >= 15 is 0 Å². The van der Waals surface area contributed by atoms with E-state index in [4.69, 9.17) is 9.47 Å². The van der Waals surface area contributed by atoms with Gasteiger partial charge >= 0.3 is 6.09 Å². The van der Waals surface area contributed by atoms with Gasteiger partial charge in [0.15, 0.2) is 5.03 Å². The third-order valence-corrected chi connectivity index (χ3v) is 5.23. The third kappa shape index (κ3) is 4.95. The lowest BCUT2D eigenvalue weighted by molar-refractivity contribution is -0.486. The highest BCUT2D eigenvalue weighted by atomic mass is 79.9. The number of ether oxygens (including phenoxy) is 2. The average molecular weight is 441 g/mol. The number of carbonyl (C=O) groups excluding carboxylic acids is 1. The van der Waals surface area contributed by atoms with E-state index in [0.717, 1.165) is 10.0 Å². The van der Waals surface area contributed by atoms with Gasteiger partial charge in [-0.15, -0.1) is 0 Å². The van der Waals surface area contributed by atoms with Crippen molar-refractivity contribution in [3.63, 3.8) is 0 Å². The van der Waals surface area contributed by atoms with Gasteiger partial charge in [0.2, 0.25) is 0 Å². The van der Waals surface area contributed by atoms with Gasteiger partial charge in [0.25, 0.3) is 5.96 Å². The second-order valence-electron chi connectivity index (χ2n) is 6.69. The van der Waals surface area contributed by atoms with E-state index in [9.17, 15) is 14.9 Å². The van der Waals surface area contributed by atoms with Crippen LogP contribution in [-0.2, 0) is 16.1 Å². The monoisotopic (exact) mass is 440 g/mol. The minimum Gasteiger partial charge on any atom is -0.444 e. The standard InChI is InChI=1S/C17H21BrN4O5/c1-12-9-26-11-14(12)8-20-5-6-21(16(20)19-22(24)25)17(23)27-10-13-3-2-4-15(18)7-13/h2-4,7,12,14H,5-6,8-11H2,1H3. The molecule has 0 aromatic heterocycles. The van der Waals surface area contributed by atoms with Crippen LogP contribution in [0.4, 0.5) is 4.79 Å². The van der Waals surface area contributed by atoms with Crippen LogP contribution in [0.2, 0.25) is 0 Å². The molecule has 1 aromatic rings. The second-order valence-corrected chi connectivity index (χ2v) is 7.61. The van der Waals surface area contributed by atoms with Crippen LogP contribution >= 0.6 is 15.9 Å². The fraction of sp³-hybridized carbons (Fsp3) is 0.529. The highest BCUT2D eigenvalue weighted by Gasteiger charge is 2.38. The Kier molecular flexibility index (Phi) is 6.27. The number of amides is 1. The van der Waals surface area contributed by atoms with Crippen molar-refractivity contribution in [2.24, 2.45) is 16.9 Å². The molecule has 27 heavy (non-hydrogen) atoms. The number of carbonyl (C=O) groups is 1. The number of nitrogens with zero attached hydrogens (tertiary/aromatic N) is 4. The van der Waals surface area contributed by atoms with Crippen LogP contribution in [-0.4, -0.2) is 59.7 Å². The van der Waals surface area contributed by atoms with Gasteiger partial charge in [0.05, 0.1) is 13.2 Å². The van der Waals surface area contributed by atoms with E-state index in [1.54, 1.807) is 4.90 Å². The first-order valence-corrected chi connectivity index (χ1v) is 9.47. The fourth-order valence-corrected chi connectivity index (χ4v) is 3.65. The first-order valence-electron chi connectivity index (χ1n) is 8.68. The van der Waals surface area contributed by atoms with E-state index < -0.39 is 11.1 Å². The predicted octanol–water partition coefficient (Wildman–Crippen LogP) is 2.53. The number of halogens is 1. The van der Waals surface area contributed by atoms with Gasteiger partial charge in [0, 0.05) is 30.1 Å². The summed E-state index contributed by atoms with van der Waals surface area (Å²) >= 11 is 3.36. The number of hydrazone groups is 1. The molecule has 10 heteroatoms. The number of hydrogen-bond acceptors (Lipinski definition) is 5. The van der Waals surface area contributed by atoms with Crippen LogP contribution in [0.3, 0.4) is 0 Å². The molecule has 2 unspecified atom stereocenters. The largest absolute Gasteiger partial charge is 0.444 e. The first-order chi connectivity index (χ1) is 12.9. The summed E-state index contributed by atoms with van der Waals surface area (Å²) in [6, 6.07) is 7.40. The zero-order valence-corrected chi connectivity index (χ0v) is 16.5. The summed E-state index contributed by atoms with van der Waals surface area (Å²) < 4.78 is 11.7. The molecule has 0 aliphatic carbocycles. The molecular weight excluding hydrogens is 420 g/mol. The summed E-state index contributed by atoms with van der Waals surface area (Å²) in [5.74, 6) is 0.636. The van der Waals surface area contributed by atoms with E-state index in [1.165, 1.54) is 4.90 Å². The summed E-state index contributed by atoms with van der Waals surface area (Å²) in [5, 5.41) is 13.6. The molecule has 1 amide bonds. The van der Waals surface area contributed by atoms with E-state index in [0.29, 0.717) is 38.8 Å². The maximum atomic E-state index is 12.5. The molecule has 9 nitrogen and oxygen atoms in total. The molecule has 0 radical (unpaired) electrons. The zero-order chi connectivity index (χ0) is 19.4. The molecule has 2 aliphatic rings. The molecule has 146 valence electrons. The van der Waals surface area contributed by atoms with Gasteiger partial charge in [-0.3, -0.25) is 0 Å².